The van der Waals surface area contributed by atoms with Crippen molar-refractivity contribution in [3.05, 3.63) is 16.3 Å². The lowest BCUT2D eigenvalue weighted by atomic mass is 10.4. The Balaban J connectivity index is 2.80. The third-order valence-electron chi connectivity index (χ3n) is 2.26. The molecule has 102 valence electrons. The molecule has 18 heavy (non-hydrogen) atoms. The molecule has 1 aromatic heterocycles. The van der Waals surface area contributed by atoms with Crippen LogP contribution in [0.4, 0.5) is 13.2 Å². The highest BCUT2D eigenvalue weighted by Gasteiger charge is 2.37. The third kappa shape index (κ3) is 3.11. The largest absolute Gasteiger partial charge is 0.451 e. The van der Waals surface area contributed by atoms with Crippen LogP contribution >= 0.6 is 0 Å². The van der Waals surface area contributed by atoms with E-state index in [1.54, 1.807) is 6.92 Å². The summed E-state index contributed by atoms with van der Waals surface area (Å²) in [5, 5.41) is 5.64. The van der Waals surface area contributed by atoms with E-state index in [9.17, 15) is 22.8 Å². The molecule has 0 bridgehead atoms. The van der Waals surface area contributed by atoms with Gasteiger partial charge in [-0.3, -0.25) is 9.36 Å². The number of nitrogens with one attached hydrogen (secondary N) is 1. The second kappa shape index (κ2) is 5.23. The van der Waals surface area contributed by atoms with Crippen molar-refractivity contribution in [2.75, 3.05) is 6.54 Å². The fourth-order valence-corrected chi connectivity index (χ4v) is 1.31. The van der Waals surface area contributed by atoms with Gasteiger partial charge in [-0.25, -0.2) is 9.48 Å². The van der Waals surface area contributed by atoms with E-state index in [4.69, 9.17) is 0 Å². The summed E-state index contributed by atoms with van der Waals surface area (Å²) in [6, 6.07) is 0. The normalized spacial score (nSPS) is 11.6. The minimum atomic E-state index is -4.67. The molecule has 6 nitrogen and oxygen atoms in total. The summed E-state index contributed by atoms with van der Waals surface area (Å²) in [6.07, 6.45) is -4.41. The molecule has 1 amide bonds. The van der Waals surface area contributed by atoms with Gasteiger partial charge < -0.3 is 5.32 Å². The quantitative estimate of drug-likeness (QED) is 0.842. The number of amides is 1. The first-order valence-corrected chi connectivity index (χ1v) is 5.25. The van der Waals surface area contributed by atoms with E-state index in [1.807, 2.05) is 0 Å². The Labute approximate surface area is 100 Å². The first-order chi connectivity index (χ1) is 8.27. The third-order valence-corrected chi connectivity index (χ3v) is 2.26. The zero-order chi connectivity index (χ0) is 13.9. The van der Waals surface area contributed by atoms with Gasteiger partial charge in [-0.2, -0.15) is 13.2 Å². The average Bonchev–Trinajstić information content (AvgIpc) is 2.56. The average molecular weight is 266 g/mol. The summed E-state index contributed by atoms with van der Waals surface area (Å²) in [7, 11) is 0.999. The van der Waals surface area contributed by atoms with E-state index < -0.39 is 17.7 Å². The number of rotatable bonds is 4. The number of nitrogens with zero attached hydrogens (tertiary/aromatic N) is 3. The maximum absolute atomic E-state index is 12.4. The summed E-state index contributed by atoms with van der Waals surface area (Å²) in [6.45, 7) is 1.60. The lowest BCUT2D eigenvalue weighted by Crippen LogP contribution is -2.31. The van der Waals surface area contributed by atoms with Gasteiger partial charge in [-0.1, -0.05) is 6.92 Å². The number of aromatic nitrogens is 3. The van der Waals surface area contributed by atoms with Crippen LogP contribution in [0, 0.1) is 0 Å². The predicted octanol–water partition coefficient (Wildman–Crippen LogP) is 0.127. The summed E-state index contributed by atoms with van der Waals surface area (Å²) < 4.78 is 38.4. The minimum Gasteiger partial charge on any atom is -0.354 e. The summed E-state index contributed by atoms with van der Waals surface area (Å²) in [5.74, 6) is -1.50. The fourth-order valence-electron chi connectivity index (χ4n) is 1.31. The van der Waals surface area contributed by atoms with Crippen molar-refractivity contribution in [3.63, 3.8) is 0 Å². The van der Waals surface area contributed by atoms with Gasteiger partial charge in [0.1, 0.15) is 0 Å². The smallest absolute Gasteiger partial charge is 0.354 e. The van der Waals surface area contributed by atoms with Gasteiger partial charge in [0.05, 0.1) is 6.54 Å². The van der Waals surface area contributed by atoms with Gasteiger partial charge in [0, 0.05) is 20.0 Å². The molecule has 1 heterocycles. The molecule has 9 heteroatoms. The molecule has 0 saturated heterocycles. The molecule has 0 aromatic carbocycles. The molecular weight excluding hydrogens is 253 g/mol. The second-order valence-electron chi connectivity index (χ2n) is 3.59. The summed E-state index contributed by atoms with van der Waals surface area (Å²) in [4.78, 5) is 22.3. The summed E-state index contributed by atoms with van der Waals surface area (Å²) >= 11 is 0. The Hall–Kier alpha value is -1.80. The Morgan fingerprint density at radius 2 is 2.06 bits per heavy atom. The molecule has 0 spiro atoms. The van der Waals surface area contributed by atoms with Gasteiger partial charge in [-0.05, 0) is 0 Å². The Bertz CT molecular complexity index is 489. The van der Waals surface area contributed by atoms with E-state index in [0.717, 1.165) is 7.05 Å². The molecule has 1 N–H and O–H groups in total. The van der Waals surface area contributed by atoms with Crippen LogP contribution in [0.5, 0.6) is 0 Å². The van der Waals surface area contributed by atoms with Crippen molar-refractivity contribution in [2.45, 2.75) is 26.1 Å². The molecule has 0 fully saturated rings. The highest BCUT2D eigenvalue weighted by molar-refractivity contribution is 5.75. The lowest BCUT2D eigenvalue weighted by molar-refractivity contribution is -0.147. The van der Waals surface area contributed by atoms with E-state index in [2.05, 4.69) is 10.4 Å². The van der Waals surface area contributed by atoms with E-state index >= 15 is 0 Å². The molecule has 0 aliphatic rings. The van der Waals surface area contributed by atoms with Crippen molar-refractivity contribution in [3.8, 4) is 0 Å². The standard InChI is InChI=1S/C9H13F3N4O2/c1-3-6(17)13-4-5-16-8(18)15(2)7(14-16)9(10,11)12/h3-5H2,1-2H3,(H,13,17). The molecule has 0 atom stereocenters. The number of hydrogen-bond donors (Lipinski definition) is 1. The first-order valence-electron chi connectivity index (χ1n) is 5.25. The van der Waals surface area contributed by atoms with Crippen molar-refractivity contribution in [1.29, 1.82) is 0 Å². The highest BCUT2D eigenvalue weighted by Crippen LogP contribution is 2.25. The SMILES string of the molecule is CCC(=O)NCCn1nc(C(F)(F)F)n(C)c1=O. The molecule has 0 radical (unpaired) electrons. The van der Waals surface area contributed by atoms with Crippen molar-refractivity contribution < 1.29 is 18.0 Å². The maximum atomic E-state index is 12.4. The molecule has 1 rings (SSSR count). The number of alkyl halides is 3. The zero-order valence-electron chi connectivity index (χ0n) is 9.91. The molecule has 0 unspecified atom stereocenters. The number of hydrogen-bond acceptors (Lipinski definition) is 3. The monoisotopic (exact) mass is 266 g/mol. The van der Waals surface area contributed by atoms with Crippen LogP contribution in [0.15, 0.2) is 4.79 Å². The first kappa shape index (κ1) is 14.3. The number of carbonyl (C=O) groups is 1. The Morgan fingerprint density at radius 3 is 2.50 bits per heavy atom. The van der Waals surface area contributed by atoms with Crippen LogP contribution in [0.3, 0.4) is 0 Å². The van der Waals surface area contributed by atoms with Crippen LogP contribution in [0.2, 0.25) is 0 Å². The lowest BCUT2D eigenvalue weighted by Gasteiger charge is -2.03. The minimum absolute atomic E-state index is 0.0564. The molecule has 0 saturated carbocycles. The van der Waals surface area contributed by atoms with E-state index in [0.29, 0.717) is 9.25 Å². The van der Waals surface area contributed by atoms with Crippen LogP contribution in [-0.4, -0.2) is 26.8 Å². The van der Waals surface area contributed by atoms with E-state index in [-0.39, 0.29) is 25.4 Å². The summed E-state index contributed by atoms with van der Waals surface area (Å²) in [5.41, 5.74) is -0.868. The Kier molecular flexibility index (Phi) is 4.15. The predicted molar refractivity (Wildman–Crippen MR) is 55.8 cm³/mol. The van der Waals surface area contributed by atoms with Gasteiger partial charge in [-0.15, -0.1) is 5.10 Å². The zero-order valence-corrected chi connectivity index (χ0v) is 9.91. The Morgan fingerprint density at radius 1 is 1.44 bits per heavy atom. The maximum Gasteiger partial charge on any atom is 0.451 e. The highest BCUT2D eigenvalue weighted by atomic mass is 19.4. The molecular formula is C9H13F3N4O2. The fraction of sp³-hybridized carbons (Fsp3) is 0.667. The van der Waals surface area contributed by atoms with Crippen LogP contribution < -0.4 is 11.0 Å². The van der Waals surface area contributed by atoms with Gasteiger partial charge in [0.15, 0.2) is 0 Å². The molecule has 0 aliphatic heterocycles. The van der Waals surface area contributed by atoms with Crippen LogP contribution in [0.1, 0.15) is 19.2 Å². The van der Waals surface area contributed by atoms with Gasteiger partial charge >= 0.3 is 11.9 Å². The topological polar surface area (TPSA) is 68.9 Å². The van der Waals surface area contributed by atoms with Gasteiger partial charge in [0.2, 0.25) is 11.7 Å². The van der Waals surface area contributed by atoms with Crippen LogP contribution in [0.25, 0.3) is 0 Å². The van der Waals surface area contributed by atoms with Gasteiger partial charge in [0.25, 0.3) is 0 Å². The van der Waals surface area contributed by atoms with E-state index in [1.165, 1.54) is 0 Å². The van der Waals surface area contributed by atoms with Crippen molar-refractivity contribution in [2.24, 2.45) is 7.05 Å². The van der Waals surface area contributed by atoms with Crippen molar-refractivity contribution in [1.82, 2.24) is 19.7 Å². The molecule has 0 aliphatic carbocycles. The van der Waals surface area contributed by atoms with Crippen molar-refractivity contribution >= 4 is 5.91 Å². The van der Waals surface area contributed by atoms with Crippen LogP contribution in [-0.2, 0) is 24.6 Å². The second-order valence-corrected chi connectivity index (χ2v) is 3.59. The molecule has 1 aromatic rings. The number of carbonyl (C=O) groups excluding carboxylic acids is 1. The number of halogens is 3.